The Hall–Kier alpha value is -0.530. The van der Waals surface area contributed by atoms with Gasteiger partial charge in [-0.15, -0.1) is 0 Å². The SMILES string of the molecule is CNC(Cc1c(F)cccc1F)c1cc(Br)ccc1I. The third-order valence-electron chi connectivity index (χ3n) is 3.15. The van der Waals surface area contributed by atoms with Crippen molar-refractivity contribution < 1.29 is 8.78 Å². The fourth-order valence-electron chi connectivity index (χ4n) is 2.08. The molecule has 106 valence electrons. The minimum absolute atomic E-state index is 0.114. The van der Waals surface area contributed by atoms with Crippen molar-refractivity contribution in [1.82, 2.24) is 5.32 Å². The first-order valence-corrected chi connectivity index (χ1v) is 7.95. The van der Waals surface area contributed by atoms with Gasteiger partial charge in [-0.1, -0.05) is 22.0 Å². The first kappa shape index (κ1) is 15.9. The van der Waals surface area contributed by atoms with Crippen LogP contribution in [0, 0.1) is 15.2 Å². The van der Waals surface area contributed by atoms with Crippen molar-refractivity contribution in [1.29, 1.82) is 0 Å². The van der Waals surface area contributed by atoms with Gasteiger partial charge in [0.15, 0.2) is 0 Å². The summed E-state index contributed by atoms with van der Waals surface area (Å²) in [6, 6.07) is 9.70. The molecule has 0 saturated carbocycles. The van der Waals surface area contributed by atoms with E-state index < -0.39 is 11.6 Å². The molecule has 5 heteroatoms. The zero-order chi connectivity index (χ0) is 14.7. The average Bonchev–Trinajstić information content (AvgIpc) is 2.42. The molecule has 1 nitrogen and oxygen atoms in total. The molecule has 0 bridgehead atoms. The summed E-state index contributed by atoms with van der Waals surface area (Å²) < 4.78 is 29.5. The van der Waals surface area contributed by atoms with Crippen LogP contribution < -0.4 is 5.32 Å². The fourth-order valence-corrected chi connectivity index (χ4v) is 3.17. The molecule has 0 aliphatic carbocycles. The van der Waals surface area contributed by atoms with Gasteiger partial charge in [-0.2, -0.15) is 0 Å². The van der Waals surface area contributed by atoms with Crippen LogP contribution in [0.25, 0.3) is 0 Å². The third kappa shape index (κ3) is 3.56. The van der Waals surface area contributed by atoms with E-state index in [1.807, 2.05) is 18.2 Å². The van der Waals surface area contributed by atoms with Crippen molar-refractivity contribution >= 4 is 38.5 Å². The van der Waals surface area contributed by atoms with Crippen LogP contribution in [-0.2, 0) is 6.42 Å². The minimum Gasteiger partial charge on any atom is -0.313 e. The number of likely N-dealkylation sites (N-methyl/N-ethyl adjacent to an activating group) is 1. The standard InChI is InChI=1S/C15H13BrF2IN/c1-20-15(11-7-9(16)5-6-14(11)19)8-10-12(17)3-2-4-13(10)18/h2-7,15,20H,8H2,1H3. The van der Waals surface area contributed by atoms with Gasteiger partial charge in [-0.25, -0.2) is 8.78 Å². The Labute approximate surface area is 139 Å². The zero-order valence-corrected chi connectivity index (χ0v) is 14.5. The van der Waals surface area contributed by atoms with Crippen molar-refractivity contribution in [3.05, 3.63) is 67.2 Å². The van der Waals surface area contributed by atoms with Crippen LogP contribution in [0.15, 0.2) is 40.9 Å². The lowest BCUT2D eigenvalue weighted by atomic mass is 9.98. The maximum absolute atomic E-state index is 13.8. The Bertz CT molecular complexity index is 599. The molecule has 1 atom stereocenters. The average molecular weight is 452 g/mol. The third-order valence-corrected chi connectivity index (χ3v) is 4.63. The van der Waals surface area contributed by atoms with Gasteiger partial charge in [-0.3, -0.25) is 0 Å². The summed E-state index contributed by atoms with van der Waals surface area (Å²) in [5, 5.41) is 3.13. The van der Waals surface area contributed by atoms with Gasteiger partial charge in [0.05, 0.1) is 0 Å². The Morgan fingerprint density at radius 2 is 1.85 bits per heavy atom. The minimum atomic E-state index is -0.504. The van der Waals surface area contributed by atoms with Crippen LogP contribution >= 0.6 is 38.5 Å². The van der Waals surface area contributed by atoms with E-state index in [2.05, 4.69) is 43.8 Å². The zero-order valence-electron chi connectivity index (χ0n) is 10.8. The van der Waals surface area contributed by atoms with Gasteiger partial charge in [0.1, 0.15) is 11.6 Å². The van der Waals surface area contributed by atoms with Gasteiger partial charge in [0.2, 0.25) is 0 Å². The lowest BCUT2D eigenvalue weighted by molar-refractivity contribution is 0.514. The highest BCUT2D eigenvalue weighted by atomic mass is 127. The summed E-state index contributed by atoms with van der Waals surface area (Å²) in [5.74, 6) is -1.01. The molecule has 2 aromatic carbocycles. The number of rotatable bonds is 4. The Morgan fingerprint density at radius 1 is 1.20 bits per heavy atom. The van der Waals surface area contributed by atoms with Crippen molar-refractivity contribution in [3.63, 3.8) is 0 Å². The van der Waals surface area contributed by atoms with Gasteiger partial charge in [0.25, 0.3) is 0 Å². The normalized spacial score (nSPS) is 12.4. The van der Waals surface area contributed by atoms with Crippen LogP contribution in [0.3, 0.4) is 0 Å². The predicted octanol–water partition coefficient (Wildman–Crippen LogP) is 4.84. The highest BCUT2D eigenvalue weighted by molar-refractivity contribution is 14.1. The molecular formula is C15H13BrF2IN. The topological polar surface area (TPSA) is 12.0 Å². The van der Waals surface area contributed by atoms with Crippen LogP contribution in [0.2, 0.25) is 0 Å². The van der Waals surface area contributed by atoms with E-state index in [1.54, 1.807) is 7.05 Å². The first-order valence-electron chi connectivity index (χ1n) is 6.08. The van der Waals surface area contributed by atoms with Crippen LogP contribution in [0.4, 0.5) is 8.78 Å². The molecule has 0 amide bonds. The second-order valence-corrected chi connectivity index (χ2v) is 6.49. The smallest absolute Gasteiger partial charge is 0.129 e. The first-order chi connectivity index (χ1) is 9.52. The molecule has 20 heavy (non-hydrogen) atoms. The maximum Gasteiger partial charge on any atom is 0.129 e. The number of hydrogen-bond acceptors (Lipinski definition) is 1. The molecule has 0 saturated heterocycles. The molecule has 1 unspecified atom stereocenters. The van der Waals surface area contributed by atoms with Crippen molar-refractivity contribution in [2.24, 2.45) is 0 Å². The van der Waals surface area contributed by atoms with E-state index in [0.717, 1.165) is 13.6 Å². The van der Waals surface area contributed by atoms with Crippen molar-refractivity contribution in [2.45, 2.75) is 12.5 Å². The number of halogens is 4. The molecule has 0 aliphatic rings. The van der Waals surface area contributed by atoms with Gasteiger partial charge in [0, 0.05) is 19.6 Å². The fraction of sp³-hybridized carbons (Fsp3) is 0.200. The maximum atomic E-state index is 13.8. The van der Waals surface area contributed by atoms with Crippen molar-refractivity contribution in [2.75, 3.05) is 7.05 Å². The molecule has 0 aromatic heterocycles. The predicted molar refractivity (Wildman–Crippen MR) is 88.7 cm³/mol. The summed E-state index contributed by atoms with van der Waals surface area (Å²) >= 11 is 5.66. The molecule has 1 N–H and O–H groups in total. The second kappa shape index (κ2) is 6.95. The Balaban J connectivity index is 2.36. The summed E-state index contributed by atoms with van der Waals surface area (Å²) in [6.45, 7) is 0. The van der Waals surface area contributed by atoms with E-state index in [-0.39, 0.29) is 18.0 Å². The molecule has 2 rings (SSSR count). The molecule has 0 fully saturated rings. The Kier molecular flexibility index (Phi) is 5.51. The van der Waals surface area contributed by atoms with Crippen LogP contribution in [0.1, 0.15) is 17.2 Å². The molecule has 0 spiro atoms. The Morgan fingerprint density at radius 3 is 2.45 bits per heavy atom. The number of hydrogen-bond donors (Lipinski definition) is 1. The highest BCUT2D eigenvalue weighted by Gasteiger charge is 2.18. The van der Waals surface area contributed by atoms with E-state index in [9.17, 15) is 8.78 Å². The van der Waals surface area contributed by atoms with E-state index in [4.69, 9.17) is 0 Å². The van der Waals surface area contributed by atoms with Crippen LogP contribution in [-0.4, -0.2) is 7.05 Å². The summed E-state index contributed by atoms with van der Waals surface area (Å²) in [6.07, 6.45) is 0.265. The monoisotopic (exact) mass is 451 g/mol. The van der Waals surface area contributed by atoms with Crippen molar-refractivity contribution in [3.8, 4) is 0 Å². The quantitative estimate of drug-likeness (QED) is 0.656. The molecule has 0 radical (unpaired) electrons. The number of nitrogens with one attached hydrogen (secondary N) is 1. The lowest BCUT2D eigenvalue weighted by Crippen LogP contribution is -2.21. The van der Waals surface area contributed by atoms with Gasteiger partial charge >= 0.3 is 0 Å². The molecular weight excluding hydrogens is 439 g/mol. The lowest BCUT2D eigenvalue weighted by Gasteiger charge is -2.19. The number of benzene rings is 2. The van der Waals surface area contributed by atoms with E-state index in [1.165, 1.54) is 18.2 Å². The summed E-state index contributed by atoms with van der Waals surface area (Å²) in [7, 11) is 1.79. The molecule has 0 heterocycles. The van der Waals surface area contributed by atoms with Gasteiger partial charge < -0.3 is 5.32 Å². The second-order valence-electron chi connectivity index (χ2n) is 4.41. The highest BCUT2D eigenvalue weighted by Crippen LogP contribution is 2.28. The van der Waals surface area contributed by atoms with Gasteiger partial charge in [-0.05, 0) is 72.0 Å². The van der Waals surface area contributed by atoms with E-state index in [0.29, 0.717) is 0 Å². The summed E-state index contributed by atoms with van der Waals surface area (Å²) in [5.41, 5.74) is 1.13. The molecule has 2 aromatic rings. The summed E-state index contributed by atoms with van der Waals surface area (Å²) in [4.78, 5) is 0. The molecule has 0 aliphatic heterocycles. The largest absolute Gasteiger partial charge is 0.313 e. The van der Waals surface area contributed by atoms with E-state index >= 15 is 0 Å². The van der Waals surface area contributed by atoms with Crippen LogP contribution in [0.5, 0.6) is 0 Å².